The van der Waals surface area contributed by atoms with Crippen molar-refractivity contribution in [2.45, 2.75) is 20.0 Å². The van der Waals surface area contributed by atoms with Gasteiger partial charge in [-0.1, -0.05) is 35.5 Å². The van der Waals surface area contributed by atoms with Gasteiger partial charge in [-0.05, 0) is 12.5 Å². The Morgan fingerprint density at radius 3 is 2.57 bits per heavy atom. The second-order valence-corrected chi connectivity index (χ2v) is 7.96. The fourth-order valence-electron chi connectivity index (χ4n) is 4.26. The molecule has 0 spiro atoms. The van der Waals surface area contributed by atoms with Crippen LogP contribution in [0.1, 0.15) is 12.5 Å². The van der Waals surface area contributed by atoms with E-state index < -0.39 is 0 Å². The van der Waals surface area contributed by atoms with Crippen LogP contribution >= 0.6 is 0 Å². The van der Waals surface area contributed by atoms with Crippen LogP contribution in [0.4, 0.5) is 5.82 Å². The van der Waals surface area contributed by atoms with Crippen molar-refractivity contribution in [3.05, 3.63) is 42.2 Å². The lowest BCUT2D eigenvalue weighted by Crippen LogP contribution is -2.58. The van der Waals surface area contributed by atoms with Gasteiger partial charge in [-0.25, -0.2) is 14.6 Å². The summed E-state index contributed by atoms with van der Waals surface area (Å²) in [7, 11) is 0. The van der Waals surface area contributed by atoms with E-state index >= 15 is 0 Å². The number of anilines is 1. The average Bonchev–Trinajstić information content (AvgIpc) is 3.18. The first-order chi connectivity index (χ1) is 14.7. The summed E-state index contributed by atoms with van der Waals surface area (Å²) in [5.74, 6) is 1.06. The molecule has 5 rings (SSSR count). The minimum atomic E-state index is 0.0249. The third-order valence-corrected chi connectivity index (χ3v) is 6.04. The quantitative estimate of drug-likeness (QED) is 0.626. The lowest BCUT2D eigenvalue weighted by atomic mass is 9.98. The maximum Gasteiger partial charge on any atom is 0.229 e. The summed E-state index contributed by atoms with van der Waals surface area (Å²) in [6, 6.07) is 10.5. The summed E-state index contributed by atoms with van der Waals surface area (Å²) in [4.78, 5) is 28.2. The third kappa shape index (κ3) is 3.49. The number of carbonyl (C=O) groups excluding carboxylic acids is 1. The maximum atomic E-state index is 13.0. The summed E-state index contributed by atoms with van der Waals surface area (Å²) in [5.41, 5.74) is 2.77. The predicted molar refractivity (Wildman–Crippen MR) is 113 cm³/mol. The van der Waals surface area contributed by atoms with Crippen molar-refractivity contribution in [1.29, 1.82) is 0 Å². The van der Waals surface area contributed by atoms with E-state index in [0.717, 1.165) is 44.2 Å². The standard InChI is InChI=1S/C21H26N8O/c1-2-29-20-18(24-25-29)19(22-15-23-20)28-13-17(14-28)21(30)27-10-8-26(9-11-27)12-16-6-4-3-5-7-16/h3-7,15,17H,2,8-14H2,1H3. The summed E-state index contributed by atoms with van der Waals surface area (Å²) in [6.45, 7) is 8.45. The molecule has 2 aromatic heterocycles. The normalized spacial score (nSPS) is 18.0. The average molecular weight is 406 g/mol. The van der Waals surface area contributed by atoms with Gasteiger partial charge < -0.3 is 9.80 Å². The number of fused-ring (bicyclic) bond motifs is 1. The summed E-state index contributed by atoms with van der Waals surface area (Å²) in [5, 5.41) is 8.38. The number of amides is 1. The number of piperazine rings is 1. The molecule has 9 nitrogen and oxygen atoms in total. The molecule has 0 saturated carbocycles. The van der Waals surface area contributed by atoms with E-state index in [0.29, 0.717) is 25.2 Å². The molecule has 2 aliphatic rings. The molecule has 0 atom stereocenters. The van der Waals surface area contributed by atoms with E-state index in [4.69, 9.17) is 0 Å². The maximum absolute atomic E-state index is 13.0. The molecule has 0 N–H and O–H groups in total. The lowest BCUT2D eigenvalue weighted by Gasteiger charge is -2.43. The fraction of sp³-hybridized carbons (Fsp3) is 0.476. The summed E-state index contributed by atoms with van der Waals surface area (Å²) < 4.78 is 1.76. The van der Waals surface area contributed by atoms with Crippen LogP contribution in [-0.2, 0) is 17.9 Å². The zero-order chi connectivity index (χ0) is 20.5. The fourth-order valence-corrected chi connectivity index (χ4v) is 4.26. The molecule has 2 aliphatic heterocycles. The van der Waals surface area contributed by atoms with Gasteiger partial charge in [0.1, 0.15) is 6.33 Å². The zero-order valence-corrected chi connectivity index (χ0v) is 17.2. The Kier molecular flexibility index (Phi) is 5.04. The minimum Gasteiger partial charge on any atom is -0.353 e. The number of rotatable bonds is 5. The molecule has 4 heterocycles. The monoisotopic (exact) mass is 406 g/mol. The van der Waals surface area contributed by atoms with Crippen LogP contribution in [0.3, 0.4) is 0 Å². The first-order valence-electron chi connectivity index (χ1n) is 10.6. The Morgan fingerprint density at radius 1 is 1.07 bits per heavy atom. The number of hydrogen-bond acceptors (Lipinski definition) is 7. The van der Waals surface area contributed by atoms with E-state index in [1.165, 1.54) is 5.56 Å². The first-order valence-corrected chi connectivity index (χ1v) is 10.6. The molecule has 30 heavy (non-hydrogen) atoms. The van der Waals surface area contributed by atoms with Gasteiger partial charge in [-0.3, -0.25) is 9.69 Å². The molecular weight excluding hydrogens is 380 g/mol. The zero-order valence-electron chi connectivity index (χ0n) is 17.2. The highest BCUT2D eigenvalue weighted by Crippen LogP contribution is 2.28. The number of benzene rings is 1. The summed E-state index contributed by atoms with van der Waals surface area (Å²) >= 11 is 0. The van der Waals surface area contributed by atoms with E-state index in [9.17, 15) is 4.79 Å². The molecule has 1 amide bonds. The lowest BCUT2D eigenvalue weighted by molar-refractivity contribution is -0.138. The highest BCUT2D eigenvalue weighted by atomic mass is 16.2. The predicted octanol–water partition coefficient (Wildman–Crippen LogP) is 1.02. The number of nitrogens with zero attached hydrogens (tertiary/aromatic N) is 8. The SMILES string of the molecule is CCn1nnc2c(N3CC(C(=O)N4CCN(Cc5ccccc5)CC4)C3)ncnc21. The van der Waals surface area contributed by atoms with Crippen molar-refractivity contribution < 1.29 is 4.79 Å². The van der Waals surface area contributed by atoms with E-state index in [1.54, 1.807) is 11.0 Å². The molecule has 156 valence electrons. The first kappa shape index (κ1) is 18.9. The van der Waals surface area contributed by atoms with Gasteiger partial charge in [-0.15, -0.1) is 5.10 Å². The molecule has 0 radical (unpaired) electrons. The van der Waals surface area contributed by atoms with Gasteiger partial charge in [0.2, 0.25) is 5.91 Å². The van der Waals surface area contributed by atoms with Crippen LogP contribution in [0.15, 0.2) is 36.7 Å². The van der Waals surface area contributed by atoms with Crippen molar-refractivity contribution in [3.8, 4) is 0 Å². The van der Waals surface area contributed by atoms with Crippen molar-refractivity contribution in [2.24, 2.45) is 5.92 Å². The van der Waals surface area contributed by atoms with Crippen LogP contribution in [0, 0.1) is 5.92 Å². The highest BCUT2D eigenvalue weighted by molar-refractivity contribution is 5.86. The number of aromatic nitrogens is 5. The molecule has 9 heteroatoms. The van der Waals surface area contributed by atoms with Gasteiger partial charge in [0, 0.05) is 52.4 Å². The molecule has 3 aromatic rings. The molecule has 2 saturated heterocycles. The van der Waals surface area contributed by atoms with Gasteiger partial charge in [0.25, 0.3) is 0 Å². The van der Waals surface area contributed by atoms with Crippen molar-refractivity contribution in [1.82, 2.24) is 34.8 Å². The van der Waals surface area contributed by atoms with Crippen molar-refractivity contribution in [2.75, 3.05) is 44.2 Å². The van der Waals surface area contributed by atoms with Gasteiger partial charge in [0.15, 0.2) is 17.0 Å². The Bertz CT molecular complexity index is 1020. The van der Waals surface area contributed by atoms with E-state index in [-0.39, 0.29) is 11.8 Å². The Hall–Kier alpha value is -3.07. The largest absolute Gasteiger partial charge is 0.353 e. The molecule has 0 bridgehead atoms. The number of aryl methyl sites for hydroxylation is 1. The minimum absolute atomic E-state index is 0.0249. The highest BCUT2D eigenvalue weighted by Gasteiger charge is 2.38. The third-order valence-electron chi connectivity index (χ3n) is 6.04. The van der Waals surface area contributed by atoms with Crippen LogP contribution in [-0.4, -0.2) is 79.9 Å². The van der Waals surface area contributed by atoms with Crippen LogP contribution in [0.25, 0.3) is 11.2 Å². The molecule has 0 aliphatic carbocycles. The Balaban J connectivity index is 1.16. The second kappa shape index (κ2) is 7.98. The van der Waals surface area contributed by atoms with Gasteiger partial charge in [-0.2, -0.15) is 0 Å². The van der Waals surface area contributed by atoms with E-state index in [2.05, 4.69) is 54.3 Å². The van der Waals surface area contributed by atoms with Crippen LogP contribution in [0.2, 0.25) is 0 Å². The van der Waals surface area contributed by atoms with Gasteiger partial charge >= 0.3 is 0 Å². The molecule has 1 aromatic carbocycles. The van der Waals surface area contributed by atoms with Crippen LogP contribution in [0.5, 0.6) is 0 Å². The Morgan fingerprint density at radius 2 is 1.83 bits per heavy atom. The smallest absolute Gasteiger partial charge is 0.229 e. The van der Waals surface area contributed by atoms with Crippen molar-refractivity contribution >= 4 is 22.9 Å². The number of hydrogen-bond donors (Lipinski definition) is 0. The number of carbonyl (C=O) groups is 1. The van der Waals surface area contributed by atoms with Crippen molar-refractivity contribution in [3.63, 3.8) is 0 Å². The van der Waals surface area contributed by atoms with Gasteiger partial charge in [0.05, 0.1) is 5.92 Å². The molecule has 0 unspecified atom stereocenters. The molecule has 2 fully saturated rings. The Labute approximate surface area is 175 Å². The van der Waals surface area contributed by atoms with Crippen LogP contribution < -0.4 is 4.90 Å². The van der Waals surface area contributed by atoms with E-state index in [1.807, 2.05) is 17.9 Å². The second-order valence-electron chi connectivity index (χ2n) is 7.96. The summed E-state index contributed by atoms with van der Waals surface area (Å²) in [6.07, 6.45) is 1.55. The molecular formula is C21H26N8O. The topological polar surface area (TPSA) is 83.3 Å².